The number of benzene rings is 1. The molecular weight excluding hydrogens is 236 g/mol. The van der Waals surface area contributed by atoms with Crippen molar-refractivity contribution in [1.29, 1.82) is 0 Å². The predicted octanol–water partition coefficient (Wildman–Crippen LogP) is 3.41. The first kappa shape index (κ1) is 11.5. The van der Waals surface area contributed by atoms with Crippen molar-refractivity contribution in [3.05, 3.63) is 29.8 Å². The molecule has 2 heteroatoms. The summed E-state index contributed by atoms with van der Waals surface area (Å²) >= 11 is 0. The molecule has 5 atom stereocenters. The Hall–Kier alpha value is -1.31. The van der Waals surface area contributed by atoms with E-state index in [0.29, 0.717) is 23.0 Å². The molecule has 4 aliphatic carbocycles. The maximum absolute atomic E-state index is 12.4. The first-order chi connectivity index (χ1) is 9.00. The van der Waals surface area contributed by atoms with Gasteiger partial charge in [0.25, 0.3) is 0 Å². The molecule has 100 valence electrons. The topological polar surface area (TPSA) is 26.3 Å². The SMILES string of the molecule is COc1ccc([C@@H]2[C@@H]3[C@@H]4CC(=O)[C@@]2(C)C[C@]34C)cc1. The predicted molar refractivity (Wildman–Crippen MR) is 73.2 cm³/mol. The number of hydrogen-bond donors (Lipinski definition) is 0. The number of fused-ring (bicyclic) bond motifs is 1. The Morgan fingerprint density at radius 2 is 1.89 bits per heavy atom. The van der Waals surface area contributed by atoms with Crippen molar-refractivity contribution in [2.24, 2.45) is 22.7 Å². The van der Waals surface area contributed by atoms with Gasteiger partial charge in [0, 0.05) is 11.8 Å². The van der Waals surface area contributed by atoms with Gasteiger partial charge in [-0.2, -0.15) is 0 Å². The molecule has 4 fully saturated rings. The number of ether oxygens (including phenoxy) is 1. The summed E-state index contributed by atoms with van der Waals surface area (Å²) in [7, 11) is 1.69. The number of hydrogen-bond acceptors (Lipinski definition) is 2. The van der Waals surface area contributed by atoms with E-state index in [-0.39, 0.29) is 5.41 Å². The quantitative estimate of drug-likeness (QED) is 0.810. The minimum atomic E-state index is -0.122. The van der Waals surface area contributed by atoms with E-state index < -0.39 is 0 Å². The number of rotatable bonds is 2. The Bertz CT molecular complexity index is 561. The van der Waals surface area contributed by atoms with E-state index in [1.165, 1.54) is 5.56 Å². The fourth-order valence-corrected chi connectivity index (χ4v) is 5.31. The van der Waals surface area contributed by atoms with E-state index in [1.807, 2.05) is 12.1 Å². The lowest BCUT2D eigenvalue weighted by atomic mass is 9.62. The van der Waals surface area contributed by atoms with Gasteiger partial charge in [0.05, 0.1) is 7.11 Å². The van der Waals surface area contributed by atoms with E-state index in [2.05, 4.69) is 26.0 Å². The van der Waals surface area contributed by atoms with Crippen LogP contribution in [0.3, 0.4) is 0 Å². The van der Waals surface area contributed by atoms with Crippen molar-refractivity contribution in [2.45, 2.75) is 32.6 Å². The van der Waals surface area contributed by atoms with Crippen LogP contribution in [-0.4, -0.2) is 12.9 Å². The van der Waals surface area contributed by atoms with Crippen molar-refractivity contribution in [1.82, 2.24) is 0 Å². The number of methoxy groups -OCH3 is 1. The monoisotopic (exact) mass is 256 g/mol. The van der Waals surface area contributed by atoms with Gasteiger partial charge in [-0.15, -0.1) is 0 Å². The van der Waals surface area contributed by atoms with Gasteiger partial charge in [-0.3, -0.25) is 4.79 Å². The fourth-order valence-electron chi connectivity index (χ4n) is 5.31. The van der Waals surface area contributed by atoms with Crippen molar-refractivity contribution < 1.29 is 9.53 Å². The summed E-state index contributed by atoms with van der Waals surface area (Å²) in [5, 5.41) is 0. The Morgan fingerprint density at radius 3 is 2.53 bits per heavy atom. The largest absolute Gasteiger partial charge is 0.497 e. The Balaban J connectivity index is 1.77. The lowest BCUT2D eigenvalue weighted by molar-refractivity contribution is -0.133. The molecule has 0 aliphatic heterocycles. The first-order valence-electron chi connectivity index (χ1n) is 7.18. The second-order valence-electron chi connectivity index (χ2n) is 7.11. The van der Waals surface area contributed by atoms with Gasteiger partial charge >= 0.3 is 0 Å². The highest BCUT2D eigenvalue weighted by molar-refractivity contribution is 5.90. The van der Waals surface area contributed by atoms with E-state index in [1.54, 1.807) is 7.11 Å². The summed E-state index contributed by atoms with van der Waals surface area (Å²) in [5.74, 6) is 3.18. The van der Waals surface area contributed by atoms with Crippen LogP contribution in [0.25, 0.3) is 0 Å². The molecule has 0 N–H and O–H groups in total. The zero-order valence-corrected chi connectivity index (χ0v) is 11.8. The zero-order valence-electron chi connectivity index (χ0n) is 11.8. The normalized spacial score (nSPS) is 46.3. The lowest BCUT2D eigenvalue weighted by Crippen LogP contribution is -2.39. The minimum Gasteiger partial charge on any atom is -0.497 e. The Labute approximate surface area is 114 Å². The third-order valence-electron chi connectivity index (χ3n) is 6.24. The minimum absolute atomic E-state index is 0.122. The molecule has 0 radical (unpaired) electrons. The maximum atomic E-state index is 12.4. The Morgan fingerprint density at radius 1 is 1.21 bits per heavy atom. The molecule has 19 heavy (non-hydrogen) atoms. The molecule has 4 bridgehead atoms. The molecule has 1 aromatic rings. The van der Waals surface area contributed by atoms with Crippen LogP contribution in [-0.2, 0) is 4.79 Å². The number of carbonyl (C=O) groups is 1. The van der Waals surface area contributed by atoms with Gasteiger partial charge in [-0.05, 0) is 47.3 Å². The van der Waals surface area contributed by atoms with Crippen LogP contribution >= 0.6 is 0 Å². The van der Waals surface area contributed by atoms with E-state index >= 15 is 0 Å². The van der Waals surface area contributed by atoms with E-state index in [0.717, 1.165) is 24.5 Å². The molecule has 0 heterocycles. The molecule has 1 aromatic carbocycles. The average molecular weight is 256 g/mol. The molecule has 5 rings (SSSR count). The lowest BCUT2D eigenvalue weighted by Gasteiger charge is -2.39. The summed E-state index contributed by atoms with van der Waals surface area (Å²) in [6.45, 7) is 4.58. The average Bonchev–Trinajstić information content (AvgIpc) is 2.86. The van der Waals surface area contributed by atoms with Gasteiger partial charge < -0.3 is 4.74 Å². The molecule has 0 amide bonds. The number of Topliss-reactive ketones (excluding diaryl/α,β-unsaturated/α-hetero) is 1. The Kier molecular flexibility index (Phi) is 1.95. The molecule has 4 saturated carbocycles. The first-order valence-corrected chi connectivity index (χ1v) is 7.18. The van der Waals surface area contributed by atoms with Crippen LogP contribution < -0.4 is 4.74 Å². The van der Waals surface area contributed by atoms with Crippen LogP contribution in [0.1, 0.15) is 38.2 Å². The van der Waals surface area contributed by atoms with Crippen molar-refractivity contribution >= 4 is 5.78 Å². The summed E-state index contributed by atoms with van der Waals surface area (Å²) in [4.78, 5) is 12.4. The zero-order chi connectivity index (χ0) is 13.4. The van der Waals surface area contributed by atoms with Crippen molar-refractivity contribution in [3.63, 3.8) is 0 Å². The highest BCUT2D eigenvalue weighted by Crippen LogP contribution is 2.82. The molecule has 4 aliphatic rings. The highest BCUT2D eigenvalue weighted by Gasteiger charge is 2.78. The van der Waals surface area contributed by atoms with Gasteiger partial charge in [-0.25, -0.2) is 0 Å². The van der Waals surface area contributed by atoms with Crippen LogP contribution in [0.2, 0.25) is 0 Å². The molecule has 0 unspecified atom stereocenters. The summed E-state index contributed by atoms with van der Waals surface area (Å²) in [6, 6.07) is 8.35. The van der Waals surface area contributed by atoms with Gasteiger partial charge in [0.1, 0.15) is 11.5 Å². The fraction of sp³-hybridized carbons (Fsp3) is 0.588. The number of ketones is 1. The van der Waals surface area contributed by atoms with E-state index in [9.17, 15) is 4.79 Å². The van der Waals surface area contributed by atoms with Crippen LogP contribution in [0.15, 0.2) is 24.3 Å². The molecule has 2 nitrogen and oxygen atoms in total. The highest BCUT2D eigenvalue weighted by atomic mass is 16.5. The number of carbonyl (C=O) groups excluding carboxylic acids is 1. The van der Waals surface area contributed by atoms with Crippen LogP contribution in [0, 0.1) is 22.7 Å². The van der Waals surface area contributed by atoms with E-state index in [4.69, 9.17) is 4.74 Å². The maximum Gasteiger partial charge on any atom is 0.139 e. The molecule has 0 aromatic heterocycles. The molecule has 0 spiro atoms. The second kappa shape index (κ2) is 3.23. The summed E-state index contributed by atoms with van der Waals surface area (Å²) < 4.78 is 5.23. The standard InChI is InChI=1S/C17H20O2/c1-16-9-17(2)13(18)8-12(16)15(16)14(17)10-4-6-11(19-3)7-5-10/h4-7,12,14-15H,8-9H2,1-3H3/t12-,14+,15-,16-,17+/m0/s1. The third kappa shape index (κ3) is 1.20. The van der Waals surface area contributed by atoms with Gasteiger partial charge in [-0.1, -0.05) is 26.0 Å². The third-order valence-corrected chi connectivity index (χ3v) is 6.24. The van der Waals surface area contributed by atoms with Crippen molar-refractivity contribution in [3.8, 4) is 5.75 Å². The second-order valence-corrected chi connectivity index (χ2v) is 7.11. The van der Waals surface area contributed by atoms with Crippen LogP contribution in [0.4, 0.5) is 0 Å². The van der Waals surface area contributed by atoms with Gasteiger partial charge in [0.15, 0.2) is 0 Å². The van der Waals surface area contributed by atoms with Gasteiger partial charge in [0.2, 0.25) is 0 Å². The van der Waals surface area contributed by atoms with Crippen molar-refractivity contribution in [2.75, 3.05) is 7.11 Å². The van der Waals surface area contributed by atoms with Crippen LogP contribution in [0.5, 0.6) is 5.75 Å². The summed E-state index contributed by atoms with van der Waals surface area (Å²) in [6.07, 6.45) is 1.91. The molecular formula is C17H20O2. The molecule has 0 saturated heterocycles. The smallest absolute Gasteiger partial charge is 0.139 e. The summed E-state index contributed by atoms with van der Waals surface area (Å²) in [5.41, 5.74) is 1.64.